The lowest BCUT2D eigenvalue weighted by Gasteiger charge is -2.30. The van der Waals surface area contributed by atoms with Gasteiger partial charge in [-0.1, -0.05) is 6.92 Å². The van der Waals surface area contributed by atoms with E-state index in [1.54, 1.807) is 4.90 Å². The topological polar surface area (TPSA) is 69.6 Å². The smallest absolute Gasteiger partial charge is 0.311 e. The first-order valence-electron chi connectivity index (χ1n) is 5.83. The maximum absolute atomic E-state index is 11.7. The van der Waals surface area contributed by atoms with E-state index in [4.69, 9.17) is 5.11 Å². The van der Waals surface area contributed by atoms with Crippen LogP contribution < -0.4 is 5.32 Å². The molecule has 0 aliphatic carbocycles. The second kappa shape index (κ2) is 6.48. The molecule has 5 nitrogen and oxygen atoms in total. The van der Waals surface area contributed by atoms with E-state index >= 15 is 0 Å². The summed E-state index contributed by atoms with van der Waals surface area (Å²) in [5.41, 5.74) is 0. The molecule has 0 saturated carbocycles. The van der Waals surface area contributed by atoms with Crippen molar-refractivity contribution < 1.29 is 14.7 Å². The summed E-state index contributed by atoms with van der Waals surface area (Å²) in [6.07, 6.45) is 2.57. The van der Waals surface area contributed by atoms with Crippen LogP contribution >= 0.6 is 0 Å². The van der Waals surface area contributed by atoms with Gasteiger partial charge in [0.25, 0.3) is 0 Å². The number of hydrogen-bond acceptors (Lipinski definition) is 3. The third-order valence-electron chi connectivity index (χ3n) is 2.76. The van der Waals surface area contributed by atoms with Gasteiger partial charge in [0, 0.05) is 26.2 Å². The summed E-state index contributed by atoms with van der Waals surface area (Å²) in [7, 11) is 0. The van der Waals surface area contributed by atoms with Gasteiger partial charge in [-0.15, -0.1) is 0 Å². The molecule has 1 saturated heterocycles. The van der Waals surface area contributed by atoms with Gasteiger partial charge in [-0.25, -0.2) is 0 Å². The molecule has 2 amide bonds. The first kappa shape index (κ1) is 13.0. The average molecular weight is 228 g/mol. The third kappa shape index (κ3) is 3.81. The highest BCUT2D eigenvalue weighted by Crippen LogP contribution is 2.15. The Balaban J connectivity index is 2.34. The first-order chi connectivity index (χ1) is 7.65. The summed E-state index contributed by atoms with van der Waals surface area (Å²) in [6.45, 7) is 3.81. The van der Waals surface area contributed by atoms with Crippen LogP contribution in [0.5, 0.6) is 0 Å². The van der Waals surface area contributed by atoms with Crippen LogP contribution in [0.15, 0.2) is 0 Å². The van der Waals surface area contributed by atoms with Crippen molar-refractivity contribution >= 4 is 11.8 Å². The van der Waals surface area contributed by atoms with Gasteiger partial charge in [0.05, 0.1) is 0 Å². The Kier molecular flexibility index (Phi) is 5.25. The number of likely N-dealkylation sites (tertiary alicyclic amines) is 1. The lowest BCUT2D eigenvalue weighted by molar-refractivity contribution is -0.146. The quantitative estimate of drug-likeness (QED) is 0.516. The van der Waals surface area contributed by atoms with E-state index in [-0.39, 0.29) is 6.61 Å². The van der Waals surface area contributed by atoms with Crippen molar-refractivity contribution in [3.63, 3.8) is 0 Å². The minimum atomic E-state index is -0.553. The number of aliphatic hydroxyl groups excluding tert-OH is 1. The molecule has 0 bridgehead atoms. The zero-order valence-corrected chi connectivity index (χ0v) is 9.74. The number of nitrogens with zero attached hydrogens (tertiary/aromatic N) is 1. The largest absolute Gasteiger partial charge is 0.396 e. The van der Waals surface area contributed by atoms with Crippen LogP contribution in [-0.2, 0) is 9.59 Å². The van der Waals surface area contributed by atoms with E-state index in [9.17, 15) is 9.59 Å². The molecule has 1 heterocycles. The second-order valence-electron chi connectivity index (χ2n) is 4.33. The molecule has 16 heavy (non-hydrogen) atoms. The molecular weight excluding hydrogens is 208 g/mol. The molecule has 0 radical (unpaired) electrons. The van der Waals surface area contributed by atoms with Crippen LogP contribution in [0.4, 0.5) is 0 Å². The normalized spacial score (nSPS) is 20.6. The zero-order chi connectivity index (χ0) is 12.0. The summed E-state index contributed by atoms with van der Waals surface area (Å²) in [5.74, 6) is -0.519. The molecule has 92 valence electrons. The number of hydrogen-bond donors (Lipinski definition) is 2. The van der Waals surface area contributed by atoms with E-state index in [0.29, 0.717) is 32.0 Å². The third-order valence-corrected chi connectivity index (χ3v) is 2.76. The summed E-state index contributed by atoms with van der Waals surface area (Å²) in [4.78, 5) is 24.7. The second-order valence-corrected chi connectivity index (χ2v) is 4.33. The fourth-order valence-electron chi connectivity index (χ4n) is 1.87. The Bertz CT molecular complexity index is 256. The van der Waals surface area contributed by atoms with Crippen LogP contribution in [0, 0.1) is 5.92 Å². The van der Waals surface area contributed by atoms with Crippen molar-refractivity contribution in [3.05, 3.63) is 0 Å². The molecular formula is C11H20N2O3. The van der Waals surface area contributed by atoms with Gasteiger partial charge in [0.1, 0.15) is 0 Å². The van der Waals surface area contributed by atoms with E-state index in [1.807, 2.05) is 0 Å². The van der Waals surface area contributed by atoms with Gasteiger partial charge < -0.3 is 15.3 Å². The molecule has 1 aliphatic heterocycles. The number of rotatable bonds is 3. The van der Waals surface area contributed by atoms with Crippen molar-refractivity contribution in [1.82, 2.24) is 10.2 Å². The Morgan fingerprint density at radius 1 is 1.50 bits per heavy atom. The molecule has 1 aliphatic rings. The van der Waals surface area contributed by atoms with E-state index in [2.05, 4.69) is 12.2 Å². The molecule has 0 aromatic carbocycles. The number of carbonyl (C=O) groups is 2. The van der Waals surface area contributed by atoms with Gasteiger partial charge in [-0.2, -0.15) is 0 Å². The lowest BCUT2D eigenvalue weighted by Crippen LogP contribution is -2.47. The van der Waals surface area contributed by atoms with Crippen molar-refractivity contribution in [2.75, 3.05) is 26.2 Å². The molecule has 1 atom stereocenters. The molecule has 1 fully saturated rings. The maximum atomic E-state index is 11.7. The fraction of sp³-hybridized carbons (Fsp3) is 0.818. The molecule has 1 unspecified atom stereocenters. The monoisotopic (exact) mass is 228 g/mol. The predicted octanol–water partition coefficient (Wildman–Crippen LogP) is -0.256. The van der Waals surface area contributed by atoms with Crippen molar-refractivity contribution in [2.45, 2.75) is 26.2 Å². The predicted molar refractivity (Wildman–Crippen MR) is 59.7 cm³/mol. The minimum Gasteiger partial charge on any atom is -0.396 e. The highest BCUT2D eigenvalue weighted by molar-refractivity contribution is 6.35. The SMILES string of the molecule is CC1CCCN(C(=O)C(=O)NCCCO)C1. The lowest BCUT2D eigenvalue weighted by atomic mass is 10.0. The highest BCUT2D eigenvalue weighted by Gasteiger charge is 2.25. The van der Waals surface area contributed by atoms with Crippen LogP contribution in [0.25, 0.3) is 0 Å². The molecule has 2 N–H and O–H groups in total. The van der Waals surface area contributed by atoms with Gasteiger partial charge >= 0.3 is 11.8 Å². The summed E-state index contributed by atoms with van der Waals surface area (Å²) >= 11 is 0. The van der Waals surface area contributed by atoms with E-state index < -0.39 is 11.8 Å². The van der Waals surface area contributed by atoms with Gasteiger partial charge in [-0.3, -0.25) is 9.59 Å². The van der Waals surface area contributed by atoms with Crippen LogP contribution in [0.1, 0.15) is 26.2 Å². The number of nitrogens with one attached hydrogen (secondary N) is 1. The van der Waals surface area contributed by atoms with E-state index in [1.165, 1.54) is 0 Å². The molecule has 1 rings (SSSR count). The van der Waals surface area contributed by atoms with Gasteiger partial charge in [0.2, 0.25) is 0 Å². The van der Waals surface area contributed by atoms with Crippen molar-refractivity contribution in [1.29, 1.82) is 0 Å². The van der Waals surface area contributed by atoms with E-state index in [0.717, 1.165) is 12.8 Å². The molecule has 0 aromatic heterocycles. The summed E-state index contributed by atoms with van der Waals surface area (Å²) in [5, 5.41) is 11.1. The van der Waals surface area contributed by atoms with Gasteiger partial charge in [-0.05, 0) is 25.2 Å². The number of amides is 2. The Labute approximate surface area is 95.8 Å². The van der Waals surface area contributed by atoms with Crippen molar-refractivity contribution in [3.8, 4) is 0 Å². The Morgan fingerprint density at radius 3 is 2.88 bits per heavy atom. The number of aliphatic hydroxyl groups is 1. The maximum Gasteiger partial charge on any atom is 0.311 e. The highest BCUT2D eigenvalue weighted by atomic mass is 16.3. The fourth-order valence-corrected chi connectivity index (χ4v) is 1.87. The zero-order valence-electron chi connectivity index (χ0n) is 9.74. The molecule has 0 spiro atoms. The van der Waals surface area contributed by atoms with Crippen molar-refractivity contribution in [2.24, 2.45) is 5.92 Å². The minimum absolute atomic E-state index is 0.0230. The average Bonchev–Trinajstić information content (AvgIpc) is 2.28. The first-order valence-corrected chi connectivity index (χ1v) is 5.83. The molecule has 0 aromatic rings. The molecule has 5 heteroatoms. The summed E-state index contributed by atoms with van der Waals surface area (Å²) < 4.78 is 0. The van der Waals surface area contributed by atoms with Gasteiger partial charge in [0.15, 0.2) is 0 Å². The Hall–Kier alpha value is -1.10. The Morgan fingerprint density at radius 2 is 2.25 bits per heavy atom. The standard InChI is InChI=1S/C11H20N2O3/c1-9-4-2-6-13(8-9)11(16)10(15)12-5-3-7-14/h9,14H,2-8H2,1H3,(H,12,15). The summed E-state index contributed by atoms with van der Waals surface area (Å²) in [6, 6.07) is 0. The number of piperidine rings is 1. The van der Waals surface area contributed by atoms with Crippen LogP contribution in [-0.4, -0.2) is 48.1 Å². The van der Waals surface area contributed by atoms with Crippen LogP contribution in [0.2, 0.25) is 0 Å². The number of carbonyl (C=O) groups excluding carboxylic acids is 2. The van der Waals surface area contributed by atoms with Crippen LogP contribution in [0.3, 0.4) is 0 Å².